The van der Waals surface area contributed by atoms with Crippen LogP contribution in [0.1, 0.15) is 107 Å². The van der Waals surface area contributed by atoms with E-state index >= 15 is 0 Å². The van der Waals surface area contributed by atoms with E-state index in [2.05, 4.69) is 51.3 Å². The summed E-state index contributed by atoms with van der Waals surface area (Å²) < 4.78 is 11.3. The normalized spacial score (nSPS) is 30.2. The molecule has 0 radical (unpaired) electrons. The molecule has 7 heteroatoms. The molecule has 4 aliphatic carbocycles. The van der Waals surface area contributed by atoms with Crippen LogP contribution in [0, 0.1) is 10.8 Å². The van der Waals surface area contributed by atoms with Gasteiger partial charge in [-0.3, -0.25) is 24.1 Å². The van der Waals surface area contributed by atoms with Crippen LogP contribution in [0.25, 0.3) is 0 Å². The van der Waals surface area contributed by atoms with Crippen molar-refractivity contribution in [3.8, 4) is 5.75 Å². The first kappa shape index (κ1) is 26.3. The van der Waals surface area contributed by atoms with Crippen LogP contribution in [0.2, 0.25) is 0 Å². The number of aromatic nitrogens is 4. The van der Waals surface area contributed by atoms with Gasteiger partial charge in [-0.25, -0.2) is 4.68 Å². The number of fused-ring (bicyclic) bond motifs is 10. The fourth-order valence-electron chi connectivity index (χ4n) is 9.17. The highest BCUT2D eigenvalue weighted by atomic mass is 16.5. The van der Waals surface area contributed by atoms with E-state index in [9.17, 15) is 9.59 Å². The predicted octanol–water partition coefficient (Wildman–Crippen LogP) is 5.31. The monoisotopic (exact) mass is 532 g/mol. The highest BCUT2D eigenvalue weighted by Crippen LogP contribution is 2.67. The van der Waals surface area contributed by atoms with E-state index in [1.807, 2.05) is 47.7 Å². The van der Waals surface area contributed by atoms with Gasteiger partial charge in [-0.05, 0) is 66.0 Å². The third-order valence-corrected chi connectivity index (χ3v) is 12.2. The van der Waals surface area contributed by atoms with Crippen LogP contribution in [0.15, 0.2) is 33.9 Å². The molecule has 0 saturated heterocycles. The molecule has 39 heavy (non-hydrogen) atoms. The van der Waals surface area contributed by atoms with Gasteiger partial charge in [0.2, 0.25) is 0 Å². The molecule has 210 valence electrons. The maximum absolute atomic E-state index is 13.2. The van der Waals surface area contributed by atoms with E-state index in [1.165, 1.54) is 30.7 Å². The van der Waals surface area contributed by atoms with Crippen LogP contribution in [-0.4, -0.2) is 26.3 Å². The van der Waals surface area contributed by atoms with Crippen molar-refractivity contribution in [2.24, 2.45) is 24.9 Å². The van der Waals surface area contributed by atoms with Crippen LogP contribution in [-0.2, 0) is 31.5 Å². The second-order valence-corrected chi connectivity index (χ2v) is 14.1. The molecule has 4 aliphatic rings. The van der Waals surface area contributed by atoms with E-state index < -0.39 is 0 Å². The minimum Gasteiger partial charge on any atom is -0.497 e. The van der Waals surface area contributed by atoms with Crippen molar-refractivity contribution in [3.05, 3.63) is 73.1 Å². The predicted molar refractivity (Wildman–Crippen MR) is 154 cm³/mol. The van der Waals surface area contributed by atoms with E-state index in [1.54, 1.807) is 7.11 Å². The highest BCUT2D eigenvalue weighted by Gasteiger charge is 2.63. The summed E-state index contributed by atoms with van der Waals surface area (Å²) in [6, 6.07) is 7.96. The summed E-state index contributed by atoms with van der Waals surface area (Å²) in [6.45, 7) is 14.5. The molecule has 0 amide bonds. The van der Waals surface area contributed by atoms with Gasteiger partial charge < -0.3 is 4.74 Å². The zero-order valence-electron chi connectivity index (χ0n) is 25.1. The molecule has 0 spiro atoms. The Morgan fingerprint density at radius 1 is 0.897 bits per heavy atom. The number of H-pyrrole nitrogens is 1. The number of nitrogens with one attached hydrogen (secondary N) is 1. The van der Waals surface area contributed by atoms with Crippen LogP contribution in [0.3, 0.4) is 0 Å². The van der Waals surface area contributed by atoms with Gasteiger partial charge >= 0.3 is 0 Å². The molecular weight excluding hydrogens is 488 g/mol. The van der Waals surface area contributed by atoms with Crippen molar-refractivity contribution in [3.63, 3.8) is 0 Å². The van der Waals surface area contributed by atoms with Crippen molar-refractivity contribution in [2.75, 3.05) is 7.11 Å². The molecule has 2 heterocycles. The quantitative estimate of drug-likeness (QED) is 0.497. The second-order valence-electron chi connectivity index (χ2n) is 14.1. The summed E-state index contributed by atoms with van der Waals surface area (Å²) in [5.41, 5.74) is 6.76. The Kier molecular flexibility index (Phi) is 5.42. The summed E-state index contributed by atoms with van der Waals surface area (Å²) in [4.78, 5) is 25.0. The fourth-order valence-corrected chi connectivity index (χ4v) is 9.17. The van der Waals surface area contributed by atoms with Crippen LogP contribution < -0.4 is 15.9 Å². The third kappa shape index (κ3) is 3.10. The molecule has 2 saturated carbocycles. The summed E-state index contributed by atoms with van der Waals surface area (Å²) in [5, 5.41) is 2.90. The zero-order chi connectivity index (χ0) is 28.3. The average molecular weight is 533 g/mol. The van der Waals surface area contributed by atoms with E-state index in [-0.39, 0.29) is 32.8 Å². The molecule has 1 N–H and O–H groups in total. The van der Waals surface area contributed by atoms with Gasteiger partial charge in [0.25, 0.3) is 11.1 Å². The minimum atomic E-state index is 0.0978. The number of nitrogens with zero attached hydrogens (tertiary/aromatic N) is 3. The van der Waals surface area contributed by atoms with Gasteiger partial charge in [0.05, 0.1) is 19.3 Å². The highest BCUT2D eigenvalue weighted by molar-refractivity contribution is 5.46. The zero-order valence-corrected chi connectivity index (χ0v) is 25.1. The van der Waals surface area contributed by atoms with Crippen molar-refractivity contribution in [1.82, 2.24) is 19.1 Å². The topological polar surface area (TPSA) is 73.9 Å². The van der Waals surface area contributed by atoms with E-state index in [4.69, 9.17) is 4.74 Å². The molecule has 1 aromatic carbocycles. The van der Waals surface area contributed by atoms with Gasteiger partial charge in [0, 0.05) is 41.7 Å². The Hall–Kier alpha value is -2.96. The molecule has 7 nitrogen and oxygen atoms in total. The molecule has 0 aliphatic heterocycles. The number of methoxy groups -OCH3 is 1. The molecule has 7 rings (SSSR count). The molecule has 2 fully saturated rings. The Labute approximate surface area is 231 Å². The van der Waals surface area contributed by atoms with Gasteiger partial charge in [-0.2, -0.15) is 0 Å². The lowest BCUT2D eigenvalue weighted by atomic mass is 9.70. The Balaban J connectivity index is 0.000000158. The lowest BCUT2D eigenvalue weighted by Gasteiger charge is -2.36. The van der Waals surface area contributed by atoms with E-state index in [0.29, 0.717) is 18.4 Å². The Morgan fingerprint density at radius 2 is 1.49 bits per heavy atom. The van der Waals surface area contributed by atoms with Crippen molar-refractivity contribution < 1.29 is 4.74 Å². The standard InChI is InChI=1S/C20H26N2O2.C12H18N2O/c1-19(2)15-9-10-20(19,3)17-16(15)18(23)22(21(17)4)12-13-7-6-8-14(11-13)24-5;1-11(2)7-5-6-12(11,3)9-8(7)10(15)13-14(9)4/h6-8,11,15H,9-10,12H2,1-5H3;7H,5-6H2,1-4H3,(H,13,15)/t15-,20+;7-,12+/m11/s1. The van der Waals surface area contributed by atoms with Crippen molar-refractivity contribution >= 4 is 0 Å². The van der Waals surface area contributed by atoms with Crippen molar-refractivity contribution in [1.29, 1.82) is 0 Å². The number of aryl methyl sites for hydroxylation is 1. The minimum absolute atomic E-state index is 0.0978. The molecule has 4 bridgehead atoms. The largest absolute Gasteiger partial charge is 0.497 e. The number of ether oxygens (including phenoxy) is 1. The van der Waals surface area contributed by atoms with Gasteiger partial charge in [0.1, 0.15) is 5.75 Å². The lowest BCUT2D eigenvalue weighted by molar-refractivity contribution is 0.215. The smallest absolute Gasteiger partial charge is 0.270 e. The Morgan fingerprint density at radius 3 is 2.05 bits per heavy atom. The number of hydrogen-bond donors (Lipinski definition) is 1. The first-order valence-corrected chi connectivity index (χ1v) is 14.4. The molecule has 0 unspecified atom stereocenters. The summed E-state index contributed by atoms with van der Waals surface area (Å²) >= 11 is 0. The maximum atomic E-state index is 13.2. The SMILES string of the molecule is COc1cccc(Cn2c(=O)c3c(n2C)[C@]2(C)CC[C@H]3C2(C)C)c1.Cn1[nH]c(=O)c2c1[C@]1(C)CC[C@H]2C1(C)C. The lowest BCUT2D eigenvalue weighted by Crippen LogP contribution is -2.35. The van der Waals surface area contributed by atoms with Crippen LogP contribution in [0.5, 0.6) is 5.75 Å². The number of aromatic amines is 1. The molecule has 3 aromatic rings. The number of rotatable bonds is 3. The molecule has 2 aromatic heterocycles. The number of benzene rings is 1. The molecule has 4 atom stereocenters. The Bertz CT molecular complexity index is 1600. The summed E-state index contributed by atoms with van der Waals surface area (Å²) in [7, 11) is 5.67. The second kappa shape index (κ2) is 8.05. The van der Waals surface area contributed by atoms with Crippen LogP contribution >= 0.6 is 0 Å². The first-order chi connectivity index (χ1) is 18.2. The van der Waals surface area contributed by atoms with Gasteiger partial charge in [-0.15, -0.1) is 0 Å². The summed E-state index contributed by atoms with van der Waals surface area (Å²) in [5.74, 6) is 1.68. The fraction of sp³-hybridized carbons (Fsp3) is 0.625. The van der Waals surface area contributed by atoms with Crippen LogP contribution in [0.4, 0.5) is 0 Å². The van der Waals surface area contributed by atoms with E-state index in [0.717, 1.165) is 28.9 Å². The summed E-state index contributed by atoms with van der Waals surface area (Å²) in [6.07, 6.45) is 4.69. The van der Waals surface area contributed by atoms with Gasteiger partial charge in [-0.1, -0.05) is 53.7 Å². The number of hydrogen-bond acceptors (Lipinski definition) is 3. The average Bonchev–Trinajstić information content (AvgIpc) is 3.57. The first-order valence-electron chi connectivity index (χ1n) is 14.4. The molecular formula is C32H44N4O3. The third-order valence-electron chi connectivity index (χ3n) is 12.2. The maximum Gasteiger partial charge on any atom is 0.270 e. The van der Waals surface area contributed by atoms with Crippen molar-refractivity contribution in [2.45, 2.75) is 96.4 Å². The van der Waals surface area contributed by atoms with Gasteiger partial charge in [0.15, 0.2) is 0 Å².